The summed E-state index contributed by atoms with van der Waals surface area (Å²) in [7, 11) is 0. The fourth-order valence-electron chi connectivity index (χ4n) is 1.95. The van der Waals surface area contributed by atoms with Gasteiger partial charge in [-0.1, -0.05) is 36.8 Å². The van der Waals surface area contributed by atoms with Crippen LogP contribution in [0.3, 0.4) is 0 Å². The lowest BCUT2D eigenvalue weighted by atomic mass is 10.00. The second-order valence-corrected chi connectivity index (χ2v) is 6.77. The largest absolute Gasteiger partial charge is 0.306 e. The normalized spacial score (nSPS) is 12.6. The molecule has 0 aliphatic carbocycles. The molecule has 0 aliphatic rings. The molecule has 18 heavy (non-hydrogen) atoms. The Labute approximate surface area is 121 Å². The van der Waals surface area contributed by atoms with Gasteiger partial charge in [0.2, 0.25) is 0 Å². The number of halogens is 1. The number of rotatable bonds is 5. The lowest BCUT2D eigenvalue weighted by molar-refractivity contribution is 0.600. The molecular weight excluding hydrogens is 306 g/mol. The minimum Gasteiger partial charge on any atom is -0.306 e. The van der Waals surface area contributed by atoms with Crippen molar-refractivity contribution in [3.05, 3.63) is 56.2 Å². The first-order valence-corrected chi connectivity index (χ1v) is 7.92. The Morgan fingerprint density at radius 2 is 1.94 bits per heavy atom. The molecule has 1 nitrogen and oxygen atoms in total. The van der Waals surface area contributed by atoms with Gasteiger partial charge in [0.05, 0.1) is 9.83 Å². The lowest BCUT2D eigenvalue weighted by Gasteiger charge is -2.18. The van der Waals surface area contributed by atoms with Crippen LogP contribution in [0.5, 0.6) is 0 Å². The quantitative estimate of drug-likeness (QED) is 0.824. The van der Waals surface area contributed by atoms with Crippen LogP contribution < -0.4 is 5.32 Å². The van der Waals surface area contributed by atoms with Gasteiger partial charge in [-0.2, -0.15) is 0 Å². The van der Waals surface area contributed by atoms with Crippen molar-refractivity contribution in [1.82, 2.24) is 5.32 Å². The molecule has 96 valence electrons. The van der Waals surface area contributed by atoms with Gasteiger partial charge < -0.3 is 5.32 Å². The van der Waals surface area contributed by atoms with Crippen molar-refractivity contribution in [2.24, 2.45) is 0 Å². The highest BCUT2D eigenvalue weighted by molar-refractivity contribution is 9.11. The van der Waals surface area contributed by atoms with E-state index in [-0.39, 0.29) is 0 Å². The minimum atomic E-state index is 0.299. The Hall–Kier alpha value is -0.640. The number of hydrogen-bond donors (Lipinski definition) is 1. The van der Waals surface area contributed by atoms with Gasteiger partial charge in [-0.3, -0.25) is 0 Å². The zero-order chi connectivity index (χ0) is 13.0. The standard InChI is InChI=1S/C15H18BrNS/c1-3-8-17-15(13-9-14(16)18-10-13)12-6-4-11(2)5-7-12/h4-7,9-10,15,17H,3,8H2,1-2H3. The summed E-state index contributed by atoms with van der Waals surface area (Å²) >= 11 is 5.28. The molecule has 0 amide bonds. The summed E-state index contributed by atoms with van der Waals surface area (Å²) in [6.07, 6.45) is 1.15. The zero-order valence-electron chi connectivity index (χ0n) is 10.7. The SMILES string of the molecule is CCCNC(c1ccc(C)cc1)c1csc(Br)c1. The van der Waals surface area contributed by atoms with Gasteiger partial charge in [0.1, 0.15) is 0 Å². The van der Waals surface area contributed by atoms with Gasteiger partial charge >= 0.3 is 0 Å². The van der Waals surface area contributed by atoms with Crippen LogP contribution in [0.2, 0.25) is 0 Å². The van der Waals surface area contributed by atoms with Crippen molar-refractivity contribution < 1.29 is 0 Å². The van der Waals surface area contributed by atoms with E-state index in [0.29, 0.717) is 6.04 Å². The average molecular weight is 324 g/mol. The fraction of sp³-hybridized carbons (Fsp3) is 0.333. The van der Waals surface area contributed by atoms with Gasteiger partial charge in [-0.05, 0) is 58.4 Å². The summed E-state index contributed by atoms with van der Waals surface area (Å²) < 4.78 is 1.19. The Kier molecular flexibility index (Phi) is 4.98. The molecule has 2 rings (SSSR count). The summed E-state index contributed by atoms with van der Waals surface area (Å²) in [5.41, 5.74) is 3.98. The van der Waals surface area contributed by atoms with Crippen molar-refractivity contribution in [2.45, 2.75) is 26.3 Å². The van der Waals surface area contributed by atoms with E-state index in [1.54, 1.807) is 11.3 Å². The molecule has 1 heterocycles. The van der Waals surface area contributed by atoms with Crippen LogP contribution in [0, 0.1) is 6.92 Å². The molecule has 0 bridgehead atoms. The van der Waals surface area contributed by atoms with E-state index >= 15 is 0 Å². The topological polar surface area (TPSA) is 12.0 Å². The first kappa shape index (κ1) is 13.8. The number of benzene rings is 1. The second kappa shape index (κ2) is 6.50. The smallest absolute Gasteiger partial charge is 0.0701 e. The van der Waals surface area contributed by atoms with Crippen molar-refractivity contribution in [3.63, 3.8) is 0 Å². The maximum absolute atomic E-state index is 3.62. The van der Waals surface area contributed by atoms with Crippen LogP contribution in [0.15, 0.2) is 39.5 Å². The number of hydrogen-bond acceptors (Lipinski definition) is 2. The highest BCUT2D eigenvalue weighted by Crippen LogP contribution is 2.29. The van der Waals surface area contributed by atoms with E-state index in [1.807, 2.05) is 0 Å². The molecule has 1 aromatic heterocycles. The summed E-state index contributed by atoms with van der Waals surface area (Å²) in [5.74, 6) is 0. The molecule has 0 saturated carbocycles. The van der Waals surface area contributed by atoms with E-state index in [9.17, 15) is 0 Å². The van der Waals surface area contributed by atoms with Gasteiger partial charge in [0.15, 0.2) is 0 Å². The molecule has 0 radical (unpaired) electrons. The summed E-state index contributed by atoms with van der Waals surface area (Å²) in [6.45, 7) is 5.36. The Morgan fingerprint density at radius 1 is 1.22 bits per heavy atom. The predicted octanol–water partition coefficient (Wildman–Crippen LogP) is 4.91. The highest BCUT2D eigenvalue weighted by atomic mass is 79.9. The minimum absolute atomic E-state index is 0.299. The molecule has 3 heteroatoms. The van der Waals surface area contributed by atoms with Crippen LogP contribution in [0.4, 0.5) is 0 Å². The first-order valence-electron chi connectivity index (χ1n) is 6.24. The van der Waals surface area contributed by atoms with Crippen LogP contribution in [0.1, 0.15) is 36.1 Å². The molecule has 1 atom stereocenters. The Morgan fingerprint density at radius 3 is 2.50 bits per heavy atom. The molecule has 0 spiro atoms. The Balaban J connectivity index is 2.27. The third-order valence-electron chi connectivity index (χ3n) is 2.93. The van der Waals surface area contributed by atoms with E-state index in [1.165, 1.54) is 20.5 Å². The zero-order valence-corrected chi connectivity index (χ0v) is 13.1. The molecule has 1 aromatic carbocycles. The molecule has 1 N–H and O–H groups in total. The van der Waals surface area contributed by atoms with Crippen LogP contribution in [0.25, 0.3) is 0 Å². The van der Waals surface area contributed by atoms with E-state index in [0.717, 1.165) is 13.0 Å². The van der Waals surface area contributed by atoms with Crippen molar-refractivity contribution in [3.8, 4) is 0 Å². The number of aryl methyl sites for hydroxylation is 1. The van der Waals surface area contributed by atoms with Crippen molar-refractivity contribution >= 4 is 27.3 Å². The summed E-state index contributed by atoms with van der Waals surface area (Å²) in [4.78, 5) is 0. The maximum atomic E-state index is 3.62. The van der Waals surface area contributed by atoms with Gasteiger partial charge in [0, 0.05) is 0 Å². The summed E-state index contributed by atoms with van der Waals surface area (Å²) in [5, 5.41) is 5.84. The van der Waals surface area contributed by atoms with Gasteiger partial charge in [-0.15, -0.1) is 11.3 Å². The van der Waals surface area contributed by atoms with Crippen LogP contribution >= 0.6 is 27.3 Å². The first-order chi connectivity index (χ1) is 8.70. The molecule has 0 fully saturated rings. The average Bonchev–Trinajstić information content (AvgIpc) is 2.78. The lowest BCUT2D eigenvalue weighted by Crippen LogP contribution is -2.22. The van der Waals surface area contributed by atoms with E-state index < -0.39 is 0 Å². The molecule has 1 unspecified atom stereocenters. The summed E-state index contributed by atoms with van der Waals surface area (Å²) in [6, 6.07) is 11.3. The van der Waals surface area contributed by atoms with Gasteiger partial charge in [-0.25, -0.2) is 0 Å². The Bertz CT molecular complexity index is 489. The van der Waals surface area contributed by atoms with Crippen LogP contribution in [-0.2, 0) is 0 Å². The van der Waals surface area contributed by atoms with E-state index in [2.05, 4.69) is 70.8 Å². The number of thiophene rings is 1. The van der Waals surface area contributed by atoms with Gasteiger partial charge in [0.25, 0.3) is 0 Å². The monoisotopic (exact) mass is 323 g/mol. The predicted molar refractivity (Wildman–Crippen MR) is 83.3 cm³/mol. The molecule has 0 aliphatic heterocycles. The third kappa shape index (κ3) is 3.44. The number of nitrogens with one attached hydrogen (secondary N) is 1. The third-order valence-corrected chi connectivity index (χ3v) is 4.45. The van der Waals surface area contributed by atoms with E-state index in [4.69, 9.17) is 0 Å². The molecule has 0 saturated heterocycles. The second-order valence-electron chi connectivity index (χ2n) is 4.48. The molecule has 2 aromatic rings. The van der Waals surface area contributed by atoms with Crippen molar-refractivity contribution in [2.75, 3.05) is 6.54 Å². The molecular formula is C15H18BrNS. The fourth-order valence-corrected chi connectivity index (χ4v) is 3.15. The maximum Gasteiger partial charge on any atom is 0.0701 e. The highest BCUT2D eigenvalue weighted by Gasteiger charge is 2.14. The van der Waals surface area contributed by atoms with Crippen molar-refractivity contribution in [1.29, 1.82) is 0 Å². The van der Waals surface area contributed by atoms with Crippen LogP contribution in [-0.4, -0.2) is 6.54 Å².